The second-order valence-corrected chi connectivity index (χ2v) is 5.53. The molecule has 20 heavy (non-hydrogen) atoms. The topological polar surface area (TPSA) is 20.3 Å². The summed E-state index contributed by atoms with van der Waals surface area (Å²) in [5, 5.41) is 0. The first-order valence-electron chi connectivity index (χ1n) is 6.77. The SMILES string of the molecule is CC(C)C1CCCN1c1ccc(C=O)c(C(F)(F)F)c1. The predicted molar refractivity (Wildman–Crippen MR) is 72.0 cm³/mol. The number of hydrogen-bond acceptors (Lipinski definition) is 2. The molecule has 0 amide bonds. The Kier molecular flexibility index (Phi) is 4.06. The van der Waals surface area contributed by atoms with Crippen LogP contribution >= 0.6 is 0 Å². The van der Waals surface area contributed by atoms with Gasteiger partial charge in [-0.1, -0.05) is 13.8 Å². The maximum absolute atomic E-state index is 13.0. The highest BCUT2D eigenvalue weighted by molar-refractivity contribution is 5.79. The number of benzene rings is 1. The lowest BCUT2D eigenvalue weighted by molar-refractivity contribution is -0.137. The van der Waals surface area contributed by atoms with Gasteiger partial charge < -0.3 is 4.90 Å². The maximum Gasteiger partial charge on any atom is 0.417 e. The number of carbonyl (C=O) groups excluding carboxylic acids is 1. The van der Waals surface area contributed by atoms with Crippen molar-refractivity contribution in [3.05, 3.63) is 29.3 Å². The largest absolute Gasteiger partial charge is 0.417 e. The molecule has 1 aliphatic rings. The van der Waals surface area contributed by atoms with Gasteiger partial charge in [-0.15, -0.1) is 0 Å². The zero-order valence-corrected chi connectivity index (χ0v) is 11.6. The van der Waals surface area contributed by atoms with Gasteiger partial charge in [0.1, 0.15) is 0 Å². The van der Waals surface area contributed by atoms with E-state index in [0.717, 1.165) is 25.5 Å². The Morgan fingerprint density at radius 1 is 1.35 bits per heavy atom. The molecule has 0 spiro atoms. The Bertz CT molecular complexity index is 496. The Balaban J connectivity index is 2.41. The zero-order valence-electron chi connectivity index (χ0n) is 11.6. The number of aldehydes is 1. The van der Waals surface area contributed by atoms with E-state index in [-0.39, 0.29) is 17.9 Å². The van der Waals surface area contributed by atoms with E-state index < -0.39 is 11.7 Å². The van der Waals surface area contributed by atoms with Crippen LogP contribution in [0.3, 0.4) is 0 Å². The minimum absolute atomic E-state index is 0.260. The molecule has 1 unspecified atom stereocenters. The molecule has 2 nitrogen and oxygen atoms in total. The summed E-state index contributed by atoms with van der Waals surface area (Å²) in [6, 6.07) is 4.24. The molecule has 5 heteroatoms. The lowest BCUT2D eigenvalue weighted by Gasteiger charge is -2.30. The first kappa shape index (κ1) is 14.9. The van der Waals surface area contributed by atoms with Gasteiger partial charge in [-0.05, 0) is 37.0 Å². The molecule has 0 aliphatic carbocycles. The fraction of sp³-hybridized carbons (Fsp3) is 0.533. The van der Waals surface area contributed by atoms with Gasteiger partial charge in [0.05, 0.1) is 5.56 Å². The number of rotatable bonds is 3. The molecule has 1 heterocycles. The third-order valence-electron chi connectivity index (χ3n) is 3.87. The molecule has 1 aliphatic heterocycles. The molecule has 1 saturated heterocycles. The van der Waals surface area contributed by atoms with Crippen molar-refractivity contribution < 1.29 is 18.0 Å². The van der Waals surface area contributed by atoms with E-state index in [1.165, 1.54) is 6.07 Å². The summed E-state index contributed by atoms with van der Waals surface area (Å²) >= 11 is 0. The summed E-state index contributed by atoms with van der Waals surface area (Å²) in [5.41, 5.74) is -0.597. The summed E-state index contributed by atoms with van der Waals surface area (Å²) in [7, 11) is 0. The molecule has 0 saturated carbocycles. The van der Waals surface area contributed by atoms with Crippen LogP contribution in [0.2, 0.25) is 0 Å². The summed E-state index contributed by atoms with van der Waals surface area (Å²) < 4.78 is 38.9. The Hall–Kier alpha value is -1.52. The second-order valence-electron chi connectivity index (χ2n) is 5.53. The van der Waals surface area contributed by atoms with Gasteiger partial charge in [-0.2, -0.15) is 13.2 Å². The number of halogens is 3. The fourth-order valence-corrected chi connectivity index (χ4v) is 2.88. The molecule has 1 aromatic rings. The molecule has 2 rings (SSSR count). The molecule has 110 valence electrons. The van der Waals surface area contributed by atoms with Gasteiger partial charge in [-0.3, -0.25) is 4.79 Å². The molecular weight excluding hydrogens is 267 g/mol. The van der Waals surface area contributed by atoms with Crippen LogP contribution in [0.15, 0.2) is 18.2 Å². The quantitative estimate of drug-likeness (QED) is 0.778. The first-order valence-corrected chi connectivity index (χ1v) is 6.77. The van der Waals surface area contributed by atoms with Crippen molar-refractivity contribution in [1.82, 2.24) is 0 Å². The number of carbonyl (C=O) groups is 1. The predicted octanol–water partition coefficient (Wildman–Crippen LogP) is 4.14. The molecule has 1 atom stereocenters. The molecule has 1 aromatic carbocycles. The average molecular weight is 285 g/mol. The van der Waals surface area contributed by atoms with Crippen LogP contribution in [0, 0.1) is 5.92 Å². The lowest BCUT2D eigenvalue weighted by atomic mass is 10.0. The zero-order chi connectivity index (χ0) is 14.9. The summed E-state index contributed by atoms with van der Waals surface area (Å²) in [6.45, 7) is 4.92. The van der Waals surface area contributed by atoms with Gasteiger partial charge in [0, 0.05) is 23.8 Å². The number of hydrogen-bond donors (Lipinski definition) is 0. The van der Waals surface area contributed by atoms with Gasteiger partial charge in [0.2, 0.25) is 0 Å². The minimum atomic E-state index is -4.50. The lowest BCUT2D eigenvalue weighted by Crippen LogP contribution is -2.33. The minimum Gasteiger partial charge on any atom is -0.368 e. The van der Waals surface area contributed by atoms with Crippen LogP contribution < -0.4 is 4.90 Å². The van der Waals surface area contributed by atoms with Gasteiger partial charge >= 0.3 is 6.18 Å². The molecule has 0 bridgehead atoms. The monoisotopic (exact) mass is 285 g/mol. The molecule has 0 radical (unpaired) electrons. The van der Waals surface area contributed by atoms with E-state index in [4.69, 9.17) is 0 Å². The average Bonchev–Trinajstić information content (AvgIpc) is 2.86. The Morgan fingerprint density at radius 3 is 2.60 bits per heavy atom. The van der Waals surface area contributed by atoms with E-state index >= 15 is 0 Å². The first-order chi connectivity index (χ1) is 9.34. The van der Waals surface area contributed by atoms with Gasteiger partial charge in [-0.25, -0.2) is 0 Å². The number of anilines is 1. The Morgan fingerprint density at radius 2 is 2.05 bits per heavy atom. The third kappa shape index (κ3) is 2.81. The van der Waals surface area contributed by atoms with E-state index in [0.29, 0.717) is 11.6 Å². The van der Waals surface area contributed by atoms with Crippen LogP contribution in [0.25, 0.3) is 0 Å². The van der Waals surface area contributed by atoms with Crippen molar-refractivity contribution in [3.63, 3.8) is 0 Å². The maximum atomic E-state index is 13.0. The van der Waals surface area contributed by atoms with Gasteiger partial charge in [0.15, 0.2) is 6.29 Å². The fourth-order valence-electron chi connectivity index (χ4n) is 2.88. The van der Waals surface area contributed by atoms with Crippen molar-refractivity contribution in [3.8, 4) is 0 Å². The molecule has 1 fully saturated rings. The Labute approximate surface area is 116 Å². The van der Waals surface area contributed by atoms with E-state index in [1.807, 2.05) is 4.90 Å². The number of nitrogens with zero attached hydrogens (tertiary/aromatic N) is 1. The van der Waals surface area contributed by atoms with Crippen molar-refractivity contribution in [2.45, 2.75) is 38.9 Å². The molecule has 0 N–H and O–H groups in total. The number of alkyl halides is 3. The third-order valence-corrected chi connectivity index (χ3v) is 3.87. The van der Waals surface area contributed by atoms with Gasteiger partial charge in [0.25, 0.3) is 0 Å². The van der Waals surface area contributed by atoms with E-state index in [2.05, 4.69) is 13.8 Å². The normalized spacial score (nSPS) is 19.7. The van der Waals surface area contributed by atoms with Crippen LogP contribution in [0.1, 0.15) is 42.6 Å². The van der Waals surface area contributed by atoms with E-state index in [1.54, 1.807) is 6.07 Å². The summed E-state index contributed by atoms with van der Waals surface area (Å²) in [4.78, 5) is 12.8. The van der Waals surface area contributed by atoms with Crippen LogP contribution in [0.4, 0.5) is 18.9 Å². The van der Waals surface area contributed by atoms with Crippen molar-refractivity contribution >= 4 is 12.0 Å². The summed E-state index contributed by atoms with van der Waals surface area (Å²) in [6.07, 6.45) is -2.26. The van der Waals surface area contributed by atoms with Crippen LogP contribution in [-0.4, -0.2) is 18.9 Å². The van der Waals surface area contributed by atoms with E-state index in [9.17, 15) is 18.0 Å². The van der Waals surface area contributed by atoms with Crippen LogP contribution in [-0.2, 0) is 6.18 Å². The summed E-state index contributed by atoms with van der Waals surface area (Å²) in [5.74, 6) is 0.387. The molecule has 0 aromatic heterocycles. The highest BCUT2D eigenvalue weighted by Gasteiger charge is 2.35. The smallest absolute Gasteiger partial charge is 0.368 e. The van der Waals surface area contributed by atoms with Crippen molar-refractivity contribution in [2.24, 2.45) is 5.92 Å². The van der Waals surface area contributed by atoms with Crippen molar-refractivity contribution in [2.75, 3.05) is 11.4 Å². The standard InChI is InChI=1S/C15H18F3NO/c1-10(2)14-4-3-7-19(14)12-6-5-11(9-20)13(8-12)15(16,17)18/h5-6,8-10,14H,3-4,7H2,1-2H3. The highest BCUT2D eigenvalue weighted by Crippen LogP contribution is 2.36. The van der Waals surface area contributed by atoms with Crippen molar-refractivity contribution in [1.29, 1.82) is 0 Å². The molecular formula is C15H18F3NO. The second kappa shape index (κ2) is 5.46. The van der Waals surface area contributed by atoms with Crippen LogP contribution in [0.5, 0.6) is 0 Å². The highest BCUT2D eigenvalue weighted by atomic mass is 19.4.